The van der Waals surface area contributed by atoms with E-state index in [1.807, 2.05) is 42.5 Å². The number of fused-ring (bicyclic) bond motifs is 1. The number of nitrogens with zero attached hydrogens (tertiary/aromatic N) is 1. The zero-order valence-electron chi connectivity index (χ0n) is 7.10. The van der Waals surface area contributed by atoms with Gasteiger partial charge in [-0.1, -0.05) is 47.6 Å². The van der Waals surface area contributed by atoms with Crippen LogP contribution in [0, 0.1) is 4.91 Å². The molecule has 0 spiro atoms. The maximum Gasteiger partial charge on any atom is 0.107 e. The summed E-state index contributed by atoms with van der Waals surface area (Å²) in [6.45, 7) is 0.257. The fourth-order valence-electron chi connectivity index (χ4n) is 1.49. The third-order valence-electron chi connectivity index (χ3n) is 2.12. The standard InChI is InChI=1S/C11H9NO/c13-12-8-10-7-6-9-4-2-1-3-5-11(9)10/h1-7H,8H2. The SMILES string of the molecule is O=NCc1ccc2cccccc1-2. The number of hydrogen-bond acceptors (Lipinski definition) is 2. The van der Waals surface area contributed by atoms with Gasteiger partial charge in [0.25, 0.3) is 0 Å². The zero-order chi connectivity index (χ0) is 9.10. The Hall–Kier alpha value is -1.70. The summed E-state index contributed by atoms with van der Waals surface area (Å²) in [7, 11) is 0. The molecule has 0 atom stereocenters. The average Bonchev–Trinajstić information content (AvgIpc) is 2.38. The molecule has 0 heterocycles. The van der Waals surface area contributed by atoms with Crippen molar-refractivity contribution in [2.75, 3.05) is 0 Å². The summed E-state index contributed by atoms with van der Waals surface area (Å²) < 4.78 is 0. The Morgan fingerprint density at radius 2 is 1.85 bits per heavy atom. The fourth-order valence-corrected chi connectivity index (χ4v) is 1.49. The molecule has 0 aromatic heterocycles. The molecule has 0 amide bonds. The van der Waals surface area contributed by atoms with Gasteiger partial charge in [0.1, 0.15) is 6.54 Å². The average molecular weight is 171 g/mol. The summed E-state index contributed by atoms with van der Waals surface area (Å²) in [6.07, 6.45) is 0. The molecule has 0 saturated heterocycles. The minimum atomic E-state index is 0.257. The van der Waals surface area contributed by atoms with E-state index in [2.05, 4.69) is 5.18 Å². The third kappa shape index (κ3) is 1.43. The van der Waals surface area contributed by atoms with E-state index < -0.39 is 0 Å². The van der Waals surface area contributed by atoms with Crippen LogP contribution in [0.4, 0.5) is 0 Å². The minimum absolute atomic E-state index is 0.257. The molecule has 2 heteroatoms. The number of nitroso groups, excluding NO2 is 1. The maximum absolute atomic E-state index is 10.1. The molecule has 0 aromatic rings. The highest BCUT2D eigenvalue weighted by Gasteiger charge is 2.06. The van der Waals surface area contributed by atoms with Crippen LogP contribution in [0.3, 0.4) is 0 Å². The van der Waals surface area contributed by atoms with Gasteiger partial charge >= 0.3 is 0 Å². The highest BCUT2D eigenvalue weighted by atomic mass is 16.3. The van der Waals surface area contributed by atoms with E-state index in [0.717, 1.165) is 16.7 Å². The van der Waals surface area contributed by atoms with Gasteiger partial charge in [0.05, 0.1) is 0 Å². The molecule has 64 valence electrons. The molecule has 0 aliphatic heterocycles. The summed E-state index contributed by atoms with van der Waals surface area (Å²) in [6, 6.07) is 13.9. The van der Waals surface area contributed by atoms with Gasteiger partial charge < -0.3 is 0 Å². The summed E-state index contributed by atoms with van der Waals surface area (Å²) in [5, 5.41) is 2.90. The topological polar surface area (TPSA) is 29.4 Å². The Bertz CT molecular complexity index is 397. The van der Waals surface area contributed by atoms with Gasteiger partial charge in [0.2, 0.25) is 0 Å². The van der Waals surface area contributed by atoms with Crippen LogP contribution in [-0.4, -0.2) is 0 Å². The minimum Gasteiger partial charge on any atom is -0.150 e. The molecule has 0 radical (unpaired) electrons. The van der Waals surface area contributed by atoms with Crippen LogP contribution in [0.15, 0.2) is 47.6 Å². The molecule has 2 aliphatic rings. The quantitative estimate of drug-likeness (QED) is 0.638. The molecular formula is C11H9NO. The van der Waals surface area contributed by atoms with Crippen LogP contribution < -0.4 is 0 Å². The lowest BCUT2D eigenvalue weighted by atomic mass is 10.1. The first-order valence-electron chi connectivity index (χ1n) is 4.17. The summed E-state index contributed by atoms with van der Waals surface area (Å²) in [4.78, 5) is 10.1. The zero-order valence-corrected chi connectivity index (χ0v) is 7.10. The van der Waals surface area contributed by atoms with Crippen molar-refractivity contribution >= 4 is 0 Å². The van der Waals surface area contributed by atoms with E-state index in [9.17, 15) is 4.91 Å². The molecule has 2 aliphatic carbocycles. The fraction of sp³-hybridized carbons (Fsp3) is 0.0909. The van der Waals surface area contributed by atoms with Crippen molar-refractivity contribution in [1.29, 1.82) is 0 Å². The van der Waals surface area contributed by atoms with Crippen LogP contribution in [0.25, 0.3) is 11.1 Å². The first-order chi connectivity index (χ1) is 6.42. The van der Waals surface area contributed by atoms with Crippen molar-refractivity contribution in [3.63, 3.8) is 0 Å². The van der Waals surface area contributed by atoms with Crippen LogP contribution in [-0.2, 0) is 6.54 Å². The lowest BCUT2D eigenvalue weighted by molar-refractivity contribution is 1.07. The number of hydrogen-bond donors (Lipinski definition) is 0. The van der Waals surface area contributed by atoms with Crippen molar-refractivity contribution in [2.45, 2.75) is 6.54 Å². The van der Waals surface area contributed by atoms with E-state index in [1.165, 1.54) is 0 Å². The lowest BCUT2D eigenvalue weighted by Gasteiger charge is -1.94. The predicted molar refractivity (Wildman–Crippen MR) is 52.6 cm³/mol. The largest absolute Gasteiger partial charge is 0.150 e. The van der Waals surface area contributed by atoms with E-state index in [-0.39, 0.29) is 6.54 Å². The van der Waals surface area contributed by atoms with Crippen molar-refractivity contribution in [2.24, 2.45) is 5.18 Å². The summed E-state index contributed by atoms with van der Waals surface area (Å²) in [5.41, 5.74) is 3.27. The molecule has 2 rings (SSSR count). The van der Waals surface area contributed by atoms with Crippen molar-refractivity contribution in [3.8, 4) is 11.1 Å². The highest BCUT2D eigenvalue weighted by molar-refractivity contribution is 5.70. The Balaban J connectivity index is 2.54. The Kier molecular flexibility index (Phi) is 2.04. The van der Waals surface area contributed by atoms with Gasteiger partial charge in [-0.3, -0.25) is 0 Å². The van der Waals surface area contributed by atoms with E-state index in [1.54, 1.807) is 0 Å². The first kappa shape index (κ1) is 7.92. The molecular weight excluding hydrogens is 162 g/mol. The Labute approximate surface area is 76.5 Å². The van der Waals surface area contributed by atoms with E-state index in [4.69, 9.17) is 0 Å². The molecule has 2 nitrogen and oxygen atoms in total. The third-order valence-corrected chi connectivity index (χ3v) is 2.12. The number of rotatable bonds is 2. The second-order valence-electron chi connectivity index (χ2n) is 2.93. The second-order valence-corrected chi connectivity index (χ2v) is 2.93. The molecule has 0 aromatic carbocycles. The van der Waals surface area contributed by atoms with Crippen LogP contribution in [0.5, 0.6) is 0 Å². The smallest absolute Gasteiger partial charge is 0.107 e. The van der Waals surface area contributed by atoms with Crippen molar-refractivity contribution in [1.82, 2.24) is 0 Å². The monoisotopic (exact) mass is 171 g/mol. The highest BCUT2D eigenvalue weighted by Crippen LogP contribution is 2.26. The first-order valence-corrected chi connectivity index (χ1v) is 4.17. The van der Waals surface area contributed by atoms with Gasteiger partial charge in [-0.25, -0.2) is 0 Å². The molecule has 0 saturated carbocycles. The Morgan fingerprint density at radius 1 is 1.00 bits per heavy atom. The molecule has 0 bridgehead atoms. The van der Waals surface area contributed by atoms with Gasteiger partial charge in [0.15, 0.2) is 0 Å². The van der Waals surface area contributed by atoms with Gasteiger partial charge in [-0.05, 0) is 16.7 Å². The van der Waals surface area contributed by atoms with Gasteiger partial charge in [-0.2, -0.15) is 4.91 Å². The van der Waals surface area contributed by atoms with E-state index in [0.29, 0.717) is 0 Å². The molecule has 0 N–H and O–H groups in total. The van der Waals surface area contributed by atoms with Crippen LogP contribution in [0.1, 0.15) is 5.56 Å². The molecule has 0 fully saturated rings. The second kappa shape index (κ2) is 3.35. The van der Waals surface area contributed by atoms with Crippen molar-refractivity contribution < 1.29 is 0 Å². The van der Waals surface area contributed by atoms with Crippen LogP contribution in [0.2, 0.25) is 0 Å². The van der Waals surface area contributed by atoms with Crippen LogP contribution >= 0.6 is 0 Å². The Morgan fingerprint density at radius 3 is 2.69 bits per heavy atom. The lowest BCUT2D eigenvalue weighted by Crippen LogP contribution is -1.77. The van der Waals surface area contributed by atoms with E-state index >= 15 is 0 Å². The summed E-state index contributed by atoms with van der Waals surface area (Å²) in [5.74, 6) is 0. The molecule has 13 heavy (non-hydrogen) atoms. The maximum atomic E-state index is 10.1. The van der Waals surface area contributed by atoms with Gasteiger partial charge in [0, 0.05) is 0 Å². The predicted octanol–water partition coefficient (Wildman–Crippen LogP) is 3.06. The van der Waals surface area contributed by atoms with Crippen molar-refractivity contribution in [3.05, 3.63) is 52.9 Å². The van der Waals surface area contributed by atoms with Gasteiger partial charge in [-0.15, -0.1) is 0 Å². The molecule has 0 unspecified atom stereocenters. The normalized spacial score (nSPS) is 10.2. The summed E-state index contributed by atoms with van der Waals surface area (Å²) >= 11 is 0.